The number of carbonyl (C=O) groups excluding carboxylic acids is 1. The molecule has 0 spiro atoms. The second-order valence-corrected chi connectivity index (χ2v) is 3.73. The monoisotopic (exact) mass is 184 g/mol. The topological polar surface area (TPSA) is 32.3 Å². The van der Waals surface area contributed by atoms with E-state index in [4.69, 9.17) is 0 Å². The summed E-state index contributed by atoms with van der Waals surface area (Å²) < 4.78 is 0. The van der Waals surface area contributed by atoms with E-state index in [0.717, 1.165) is 25.9 Å². The molecule has 0 aromatic carbocycles. The number of hydrogen-bond acceptors (Lipinski definition) is 2. The van der Waals surface area contributed by atoms with Gasteiger partial charge in [-0.05, 0) is 32.7 Å². The Labute approximate surface area is 80.5 Å². The third kappa shape index (κ3) is 2.99. The van der Waals surface area contributed by atoms with Gasteiger partial charge in [0.2, 0.25) is 5.91 Å². The third-order valence-corrected chi connectivity index (χ3v) is 2.72. The van der Waals surface area contributed by atoms with Crippen LogP contribution in [0.1, 0.15) is 33.1 Å². The molecule has 1 fully saturated rings. The van der Waals surface area contributed by atoms with Crippen LogP contribution in [0.4, 0.5) is 0 Å². The van der Waals surface area contributed by atoms with E-state index in [1.54, 1.807) is 0 Å². The molecule has 1 N–H and O–H groups in total. The summed E-state index contributed by atoms with van der Waals surface area (Å²) in [5, 5.41) is 3.15. The first-order chi connectivity index (χ1) is 6.25. The van der Waals surface area contributed by atoms with Crippen LogP contribution in [0.5, 0.6) is 0 Å². The van der Waals surface area contributed by atoms with Crippen molar-refractivity contribution in [3.63, 3.8) is 0 Å². The number of carbonyl (C=O) groups is 1. The molecule has 0 bridgehead atoms. The lowest BCUT2D eigenvalue weighted by Gasteiger charge is -2.30. The molecule has 76 valence electrons. The van der Waals surface area contributed by atoms with E-state index in [-0.39, 0.29) is 5.91 Å². The van der Waals surface area contributed by atoms with Gasteiger partial charge in [0.25, 0.3) is 0 Å². The lowest BCUT2D eigenvalue weighted by molar-refractivity contribution is -0.132. The predicted octanol–water partition coefficient (Wildman–Crippen LogP) is 0.997. The number of hydrogen-bond donors (Lipinski definition) is 1. The molecule has 1 amide bonds. The molecule has 0 aromatic heterocycles. The van der Waals surface area contributed by atoms with Crippen molar-refractivity contribution in [1.82, 2.24) is 10.2 Å². The quantitative estimate of drug-likeness (QED) is 0.694. The molecular formula is C10H20N2O. The van der Waals surface area contributed by atoms with Gasteiger partial charge in [-0.1, -0.05) is 6.92 Å². The van der Waals surface area contributed by atoms with Crippen LogP contribution in [-0.2, 0) is 4.79 Å². The fraction of sp³-hybridized carbons (Fsp3) is 0.900. The van der Waals surface area contributed by atoms with Gasteiger partial charge in [0, 0.05) is 12.6 Å². The maximum absolute atomic E-state index is 11.6. The maximum Gasteiger partial charge on any atom is 0.236 e. The molecule has 13 heavy (non-hydrogen) atoms. The minimum atomic E-state index is 0.258. The Bertz CT molecular complexity index is 170. The molecule has 0 saturated carbocycles. The fourth-order valence-electron chi connectivity index (χ4n) is 1.64. The van der Waals surface area contributed by atoms with E-state index in [2.05, 4.69) is 19.2 Å². The van der Waals surface area contributed by atoms with Crippen LogP contribution >= 0.6 is 0 Å². The van der Waals surface area contributed by atoms with E-state index in [0.29, 0.717) is 12.6 Å². The zero-order chi connectivity index (χ0) is 9.68. The summed E-state index contributed by atoms with van der Waals surface area (Å²) in [6.07, 6.45) is 3.36. The summed E-state index contributed by atoms with van der Waals surface area (Å²) in [4.78, 5) is 13.6. The van der Waals surface area contributed by atoms with Crippen LogP contribution in [0, 0.1) is 0 Å². The first kappa shape index (κ1) is 10.5. The predicted molar refractivity (Wildman–Crippen MR) is 53.6 cm³/mol. The zero-order valence-electron chi connectivity index (χ0n) is 8.68. The smallest absolute Gasteiger partial charge is 0.236 e. The molecule has 1 aliphatic rings. The Morgan fingerprint density at radius 1 is 1.54 bits per heavy atom. The summed E-state index contributed by atoms with van der Waals surface area (Å²) in [5.41, 5.74) is 0. The van der Waals surface area contributed by atoms with Gasteiger partial charge in [0.15, 0.2) is 0 Å². The highest BCUT2D eigenvalue weighted by Crippen LogP contribution is 2.07. The van der Waals surface area contributed by atoms with E-state index >= 15 is 0 Å². The van der Waals surface area contributed by atoms with Gasteiger partial charge in [-0.25, -0.2) is 0 Å². The molecule has 1 atom stereocenters. The molecule has 1 unspecified atom stereocenters. The first-order valence-corrected chi connectivity index (χ1v) is 5.26. The molecule has 1 rings (SSSR count). The van der Waals surface area contributed by atoms with Crippen LogP contribution in [0.25, 0.3) is 0 Å². The average molecular weight is 184 g/mol. The third-order valence-electron chi connectivity index (χ3n) is 2.72. The van der Waals surface area contributed by atoms with Crippen LogP contribution < -0.4 is 5.32 Å². The molecule has 0 radical (unpaired) electrons. The molecular weight excluding hydrogens is 164 g/mol. The molecule has 0 aromatic rings. The summed E-state index contributed by atoms with van der Waals surface area (Å²) in [6, 6.07) is 0.396. The Morgan fingerprint density at radius 2 is 2.31 bits per heavy atom. The normalized spacial score (nSPS) is 22.3. The van der Waals surface area contributed by atoms with E-state index in [1.165, 1.54) is 6.42 Å². The molecule has 1 aliphatic heterocycles. The van der Waals surface area contributed by atoms with Crippen molar-refractivity contribution in [3.8, 4) is 0 Å². The highest BCUT2D eigenvalue weighted by Gasteiger charge is 2.18. The van der Waals surface area contributed by atoms with Crippen molar-refractivity contribution in [2.75, 3.05) is 19.6 Å². The van der Waals surface area contributed by atoms with Gasteiger partial charge in [-0.3, -0.25) is 4.79 Å². The van der Waals surface area contributed by atoms with Crippen LogP contribution in [0.3, 0.4) is 0 Å². The van der Waals surface area contributed by atoms with Crippen molar-refractivity contribution in [3.05, 3.63) is 0 Å². The number of amides is 1. The summed E-state index contributed by atoms with van der Waals surface area (Å²) in [7, 11) is 0. The minimum Gasteiger partial charge on any atom is -0.339 e. The van der Waals surface area contributed by atoms with Crippen LogP contribution in [0.15, 0.2) is 0 Å². The Kier molecular flexibility index (Phi) is 4.22. The molecule has 3 heteroatoms. The highest BCUT2D eigenvalue weighted by molar-refractivity contribution is 5.78. The van der Waals surface area contributed by atoms with Crippen molar-refractivity contribution >= 4 is 5.91 Å². The van der Waals surface area contributed by atoms with Crippen LogP contribution in [0.2, 0.25) is 0 Å². The second kappa shape index (κ2) is 5.22. The van der Waals surface area contributed by atoms with E-state index in [9.17, 15) is 4.79 Å². The number of nitrogens with zero attached hydrogens (tertiary/aromatic N) is 1. The van der Waals surface area contributed by atoms with Gasteiger partial charge in [0.05, 0.1) is 6.54 Å². The lowest BCUT2D eigenvalue weighted by atomic mass is 10.1. The SMILES string of the molecule is CCC(C)N1CCCCNCC1=O. The van der Waals surface area contributed by atoms with Crippen molar-refractivity contribution < 1.29 is 4.79 Å². The first-order valence-electron chi connectivity index (χ1n) is 5.26. The minimum absolute atomic E-state index is 0.258. The Balaban J connectivity index is 2.51. The summed E-state index contributed by atoms with van der Waals surface area (Å²) >= 11 is 0. The number of nitrogens with one attached hydrogen (secondary N) is 1. The summed E-state index contributed by atoms with van der Waals surface area (Å²) in [6.45, 7) is 6.70. The Hall–Kier alpha value is -0.570. The molecule has 0 aliphatic carbocycles. The van der Waals surface area contributed by atoms with Crippen LogP contribution in [-0.4, -0.2) is 36.5 Å². The summed E-state index contributed by atoms with van der Waals surface area (Å²) in [5.74, 6) is 0.258. The molecule has 3 nitrogen and oxygen atoms in total. The standard InChI is InChI=1S/C10H20N2O/c1-3-9(2)12-7-5-4-6-11-8-10(12)13/h9,11H,3-8H2,1-2H3. The number of rotatable bonds is 2. The second-order valence-electron chi connectivity index (χ2n) is 3.73. The van der Waals surface area contributed by atoms with Gasteiger partial charge >= 0.3 is 0 Å². The zero-order valence-corrected chi connectivity index (χ0v) is 8.68. The van der Waals surface area contributed by atoms with Crippen molar-refractivity contribution in [2.45, 2.75) is 39.2 Å². The van der Waals surface area contributed by atoms with Crippen molar-refractivity contribution in [1.29, 1.82) is 0 Å². The molecule has 1 heterocycles. The highest BCUT2D eigenvalue weighted by atomic mass is 16.2. The fourth-order valence-corrected chi connectivity index (χ4v) is 1.64. The lowest BCUT2D eigenvalue weighted by Crippen LogP contribution is -2.45. The van der Waals surface area contributed by atoms with Gasteiger partial charge in [-0.15, -0.1) is 0 Å². The van der Waals surface area contributed by atoms with Gasteiger partial charge in [0.1, 0.15) is 0 Å². The average Bonchev–Trinajstić information content (AvgIpc) is 2.11. The van der Waals surface area contributed by atoms with Crippen molar-refractivity contribution in [2.24, 2.45) is 0 Å². The van der Waals surface area contributed by atoms with Gasteiger partial charge in [-0.2, -0.15) is 0 Å². The Morgan fingerprint density at radius 3 is 3.00 bits per heavy atom. The van der Waals surface area contributed by atoms with E-state index < -0.39 is 0 Å². The van der Waals surface area contributed by atoms with Gasteiger partial charge < -0.3 is 10.2 Å². The maximum atomic E-state index is 11.6. The van der Waals surface area contributed by atoms with E-state index in [1.807, 2.05) is 4.90 Å². The molecule has 1 saturated heterocycles. The largest absolute Gasteiger partial charge is 0.339 e.